The van der Waals surface area contributed by atoms with E-state index in [0.717, 1.165) is 16.1 Å². The number of hydrogen-bond donors (Lipinski definition) is 2. The van der Waals surface area contributed by atoms with Crippen molar-refractivity contribution in [3.8, 4) is 0 Å². The Balaban J connectivity index is 2.13. The van der Waals surface area contributed by atoms with Crippen LogP contribution in [-0.2, 0) is 6.54 Å². The lowest BCUT2D eigenvalue weighted by Gasteiger charge is -2.10. The number of nitrogens with one attached hydrogen (secondary N) is 1. The van der Waals surface area contributed by atoms with E-state index in [9.17, 15) is 8.78 Å². The lowest BCUT2D eigenvalue weighted by atomic mass is 10.2. The molecule has 2 nitrogen and oxygen atoms in total. The summed E-state index contributed by atoms with van der Waals surface area (Å²) in [5.41, 5.74) is 6.70. The van der Waals surface area contributed by atoms with Crippen LogP contribution in [0, 0.1) is 11.6 Å². The monoisotopic (exact) mass is 312 g/mol. The van der Waals surface area contributed by atoms with Crippen molar-refractivity contribution < 1.29 is 8.78 Å². The van der Waals surface area contributed by atoms with Gasteiger partial charge in [0.1, 0.15) is 5.82 Å². The molecule has 2 aromatic carbocycles. The van der Waals surface area contributed by atoms with Gasteiger partial charge < -0.3 is 11.1 Å². The average molecular weight is 313 g/mol. The van der Waals surface area contributed by atoms with Crippen LogP contribution in [0.5, 0.6) is 0 Å². The molecule has 0 saturated heterocycles. The fraction of sp³-hybridized carbons (Fsp3) is 0.0769. The van der Waals surface area contributed by atoms with Crippen molar-refractivity contribution in [3.63, 3.8) is 0 Å². The van der Waals surface area contributed by atoms with Crippen LogP contribution in [0.3, 0.4) is 0 Å². The SMILES string of the molecule is Nc1c(F)cc(F)cc1NCc1ccc(Br)cc1. The maximum Gasteiger partial charge on any atom is 0.151 e. The van der Waals surface area contributed by atoms with E-state index in [1.165, 1.54) is 6.07 Å². The first-order valence-electron chi connectivity index (χ1n) is 5.29. The van der Waals surface area contributed by atoms with Gasteiger partial charge in [-0.15, -0.1) is 0 Å². The smallest absolute Gasteiger partial charge is 0.151 e. The summed E-state index contributed by atoms with van der Waals surface area (Å²) in [6.07, 6.45) is 0. The number of hydrogen-bond acceptors (Lipinski definition) is 2. The zero-order valence-corrected chi connectivity index (χ0v) is 11.0. The summed E-state index contributed by atoms with van der Waals surface area (Å²) in [5.74, 6) is -1.41. The molecule has 0 radical (unpaired) electrons. The second kappa shape index (κ2) is 5.35. The number of rotatable bonds is 3. The van der Waals surface area contributed by atoms with E-state index in [4.69, 9.17) is 5.73 Å². The molecule has 2 aromatic rings. The van der Waals surface area contributed by atoms with Gasteiger partial charge in [-0.1, -0.05) is 28.1 Å². The molecule has 3 N–H and O–H groups in total. The van der Waals surface area contributed by atoms with Crippen LogP contribution in [0.2, 0.25) is 0 Å². The Morgan fingerprint density at radius 2 is 1.78 bits per heavy atom. The Morgan fingerprint density at radius 1 is 1.11 bits per heavy atom. The molecule has 0 aliphatic rings. The number of halogens is 3. The standard InChI is InChI=1S/C13H11BrF2N2/c14-9-3-1-8(2-4-9)7-18-12-6-10(15)5-11(16)13(12)17/h1-6,18H,7,17H2. The second-order valence-electron chi connectivity index (χ2n) is 3.83. The Labute approximate surface area is 112 Å². The van der Waals surface area contributed by atoms with E-state index in [1.807, 2.05) is 24.3 Å². The summed E-state index contributed by atoms with van der Waals surface area (Å²) in [6, 6.07) is 9.54. The molecule has 94 valence electrons. The molecule has 0 aromatic heterocycles. The summed E-state index contributed by atoms with van der Waals surface area (Å²) in [6.45, 7) is 0.445. The molecular weight excluding hydrogens is 302 g/mol. The van der Waals surface area contributed by atoms with Crippen LogP contribution in [0.25, 0.3) is 0 Å². The van der Waals surface area contributed by atoms with Gasteiger partial charge in [0.15, 0.2) is 5.82 Å². The van der Waals surface area contributed by atoms with E-state index in [1.54, 1.807) is 0 Å². The zero-order valence-electron chi connectivity index (χ0n) is 9.38. The summed E-state index contributed by atoms with van der Waals surface area (Å²) < 4.78 is 27.2. The van der Waals surface area contributed by atoms with E-state index in [2.05, 4.69) is 21.2 Å². The van der Waals surface area contributed by atoms with Gasteiger partial charge in [-0.2, -0.15) is 0 Å². The van der Waals surface area contributed by atoms with Crippen molar-refractivity contribution in [2.24, 2.45) is 0 Å². The van der Waals surface area contributed by atoms with Crippen LogP contribution in [0.15, 0.2) is 40.9 Å². The highest BCUT2D eigenvalue weighted by Crippen LogP contribution is 2.24. The second-order valence-corrected chi connectivity index (χ2v) is 4.74. The van der Waals surface area contributed by atoms with E-state index >= 15 is 0 Å². The number of nitrogen functional groups attached to an aromatic ring is 1. The van der Waals surface area contributed by atoms with Crippen molar-refractivity contribution in [1.29, 1.82) is 0 Å². The third-order valence-electron chi connectivity index (χ3n) is 2.49. The molecule has 5 heteroatoms. The van der Waals surface area contributed by atoms with Crippen molar-refractivity contribution >= 4 is 27.3 Å². The summed E-state index contributed by atoms with van der Waals surface area (Å²) in [5, 5.41) is 2.91. The van der Waals surface area contributed by atoms with Crippen molar-refractivity contribution in [2.45, 2.75) is 6.54 Å². The topological polar surface area (TPSA) is 38.0 Å². The van der Waals surface area contributed by atoms with Gasteiger partial charge in [0, 0.05) is 17.1 Å². The molecule has 0 saturated carbocycles. The Morgan fingerprint density at radius 3 is 2.44 bits per heavy atom. The highest BCUT2D eigenvalue weighted by molar-refractivity contribution is 9.10. The molecule has 0 aliphatic heterocycles. The third-order valence-corrected chi connectivity index (χ3v) is 3.02. The molecule has 0 atom stereocenters. The van der Waals surface area contributed by atoms with Crippen LogP contribution >= 0.6 is 15.9 Å². The molecule has 0 unspecified atom stereocenters. The number of nitrogens with two attached hydrogens (primary N) is 1. The highest BCUT2D eigenvalue weighted by atomic mass is 79.9. The molecule has 0 spiro atoms. The van der Waals surface area contributed by atoms with E-state index in [0.29, 0.717) is 6.54 Å². The van der Waals surface area contributed by atoms with Crippen molar-refractivity contribution in [3.05, 3.63) is 58.1 Å². The van der Waals surface area contributed by atoms with Gasteiger partial charge in [0.25, 0.3) is 0 Å². The van der Waals surface area contributed by atoms with Gasteiger partial charge in [-0.25, -0.2) is 8.78 Å². The van der Waals surface area contributed by atoms with Gasteiger partial charge in [0.2, 0.25) is 0 Å². The van der Waals surface area contributed by atoms with Crippen LogP contribution in [-0.4, -0.2) is 0 Å². The fourth-order valence-electron chi connectivity index (χ4n) is 1.53. The van der Waals surface area contributed by atoms with Gasteiger partial charge in [0.05, 0.1) is 11.4 Å². The molecule has 0 amide bonds. The summed E-state index contributed by atoms with van der Waals surface area (Å²) >= 11 is 3.33. The van der Waals surface area contributed by atoms with Gasteiger partial charge >= 0.3 is 0 Å². The predicted molar refractivity (Wildman–Crippen MR) is 72.2 cm³/mol. The quantitative estimate of drug-likeness (QED) is 0.843. The summed E-state index contributed by atoms with van der Waals surface area (Å²) in [4.78, 5) is 0. The minimum Gasteiger partial charge on any atom is -0.395 e. The molecule has 0 heterocycles. The lowest BCUT2D eigenvalue weighted by molar-refractivity contribution is 0.587. The van der Waals surface area contributed by atoms with Crippen molar-refractivity contribution in [2.75, 3.05) is 11.1 Å². The predicted octanol–water partition coefficient (Wildman–Crippen LogP) is 3.92. The maximum absolute atomic E-state index is 13.2. The lowest BCUT2D eigenvalue weighted by Crippen LogP contribution is -2.04. The molecule has 2 rings (SSSR count). The molecule has 0 bridgehead atoms. The molecule has 0 fully saturated rings. The number of anilines is 2. The minimum absolute atomic E-state index is 0.0755. The normalized spacial score (nSPS) is 10.4. The van der Waals surface area contributed by atoms with E-state index < -0.39 is 11.6 Å². The molecule has 0 aliphatic carbocycles. The maximum atomic E-state index is 13.2. The third kappa shape index (κ3) is 2.98. The Kier molecular flexibility index (Phi) is 3.81. The number of benzene rings is 2. The van der Waals surface area contributed by atoms with Gasteiger partial charge in [-0.3, -0.25) is 0 Å². The fourth-order valence-corrected chi connectivity index (χ4v) is 1.79. The largest absolute Gasteiger partial charge is 0.395 e. The zero-order chi connectivity index (χ0) is 13.1. The Bertz CT molecular complexity index is 556. The van der Waals surface area contributed by atoms with Gasteiger partial charge in [-0.05, 0) is 23.8 Å². The van der Waals surface area contributed by atoms with E-state index in [-0.39, 0.29) is 11.4 Å². The first kappa shape index (κ1) is 12.8. The minimum atomic E-state index is -0.756. The summed E-state index contributed by atoms with van der Waals surface area (Å²) in [7, 11) is 0. The molecular formula is C13H11BrF2N2. The highest BCUT2D eigenvalue weighted by Gasteiger charge is 2.07. The van der Waals surface area contributed by atoms with Crippen molar-refractivity contribution in [1.82, 2.24) is 0 Å². The van der Waals surface area contributed by atoms with Crippen LogP contribution < -0.4 is 11.1 Å². The average Bonchev–Trinajstić information content (AvgIpc) is 2.34. The molecule has 18 heavy (non-hydrogen) atoms. The Hall–Kier alpha value is -1.62. The first-order valence-corrected chi connectivity index (χ1v) is 6.08. The van der Waals surface area contributed by atoms with Crippen LogP contribution in [0.1, 0.15) is 5.56 Å². The van der Waals surface area contributed by atoms with Crippen LogP contribution in [0.4, 0.5) is 20.2 Å². The first-order chi connectivity index (χ1) is 8.56.